The maximum atomic E-state index is 5.74. The molecule has 19 heavy (non-hydrogen) atoms. The normalized spacial score (nSPS) is 23.6. The van der Waals surface area contributed by atoms with Crippen LogP contribution in [-0.2, 0) is 4.74 Å². The van der Waals surface area contributed by atoms with Crippen LogP contribution in [0.2, 0.25) is 0 Å². The molecular weight excluding hydrogens is 242 g/mol. The van der Waals surface area contributed by atoms with Gasteiger partial charge >= 0.3 is 0 Å². The average Bonchev–Trinajstić information content (AvgIpc) is 3.00. The predicted octanol–water partition coefficient (Wildman–Crippen LogP) is 1.05. The zero-order chi connectivity index (χ0) is 12.9. The molecule has 5 nitrogen and oxygen atoms in total. The Morgan fingerprint density at radius 1 is 1.37 bits per heavy atom. The quantitative estimate of drug-likeness (QED) is 0.880. The minimum absolute atomic E-state index is 0.240. The van der Waals surface area contributed by atoms with Crippen molar-refractivity contribution in [1.82, 2.24) is 10.3 Å². The summed E-state index contributed by atoms with van der Waals surface area (Å²) in [5, 5.41) is 3.34. The summed E-state index contributed by atoms with van der Waals surface area (Å²) in [5.41, 5.74) is 0. The summed E-state index contributed by atoms with van der Waals surface area (Å²) in [6.07, 6.45) is 2.48. The first kappa shape index (κ1) is 12.7. The van der Waals surface area contributed by atoms with E-state index in [9.17, 15) is 0 Å². The van der Waals surface area contributed by atoms with Gasteiger partial charge in [-0.2, -0.15) is 4.98 Å². The van der Waals surface area contributed by atoms with Gasteiger partial charge < -0.3 is 19.7 Å². The van der Waals surface area contributed by atoms with Crippen LogP contribution in [0.1, 0.15) is 12.8 Å². The Morgan fingerprint density at radius 3 is 3.05 bits per heavy atom. The van der Waals surface area contributed by atoms with Gasteiger partial charge in [-0.25, -0.2) is 0 Å². The monoisotopic (exact) mass is 263 g/mol. The van der Waals surface area contributed by atoms with E-state index in [1.807, 2.05) is 18.2 Å². The molecule has 1 N–H and O–H groups in total. The summed E-state index contributed by atoms with van der Waals surface area (Å²) in [6.45, 7) is 5.51. The molecule has 1 atom stereocenters. The highest BCUT2D eigenvalue weighted by atomic mass is 16.5. The largest absolute Gasteiger partial charge is 0.475 e. The first-order valence-electron chi connectivity index (χ1n) is 7.09. The molecule has 1 aromatic rings. The van der Waals surface area contributed by atoms with Gasteiger partial charge in [-0.1, -0.05) is 6.07 Å². The molecule has 0 aromatic carbocycles. The van der Waals surface area contributed by atoms with E-state index in [0.29, 0.717) is 12.5 Å². The van der Waals surface area contributed by atoms with Crippen LogP contribution in [0.4, 0.5) is 5.82 Å². The number of nitrogens with one attached hydrogen (secondary N) is 1. The van der Waals surface area contributed by atoms with Crippen molar-refractivity contribution in [2.45, 2.75) is 18.9 Å². The molecule has 2 aliphatic heterocycles. The fraction of sp³-hybridized carbons (Fsp3) is 0.643. The lowest BCUT2D eigenvalue weighted by atomic mass is 10.2. The molecule has 2 saturated heterocycles. The van der Waals surface area contributed by atoms with Gasteiger partial charge in [-0.3, -0.25) is 0 Å². The molecule has 0 radical (unpaired) electrons. The van der Waals surface area contributed by atoms with E-state index in [1.165, 1.54) is 0 Å². The second-order valence-corrected chi connectivity index (χ2v) is 5.02. The number of ether oxygens (including phenoxy) is 2. The van der Waals surface area contributed by atoms with E-state index < -0.39 is 0 Å². The van der Waals surface area contributed by atoms with Gasteiger partial charge in [0.15, 0.2) is 0 Å². The van der Waals surface area contributed by atoms with Crippen LogP contribution in [0.25, 0.3) is 0 Å². The first-order chi connectivity index (χ1) is 9.42. The Kier molecular flexibility index (Phi) is 4.15. The smallest absolute Gasteiger partial charge is 0.215 e. The van der Waals surface area contributed by atoms with Gasteiger partial charge in [0, 0.05) is 38.9 Å². The molecule has 3 heterocycles. The third-order valence-corrected chi connectivity index (χ3v) is 3.59. The molecule has 0 bridgehead atoms. The SMILES string of the molecule is c1cc(OCC2CCCO2)nc(N2CCNCC2)c1. The zero-order valence-corrected chi connectivity index (χ0v) is 11.2. The van der Waals surface area contributed by atoms with Crippen molar-refractivity contribution in [3.63, 3.8) is 0 Å². The highest BCUT2D eigenvalue weighted by molar-refractivity contribution is 5.41. The second-order valence-electron chi connectivity index (χ2n) is 5.02. The summed E-state index contributed by atoms with van der Waals surface area (Å²) < 4.78 is 11.3. The molecule has 1 aromatic heterocycles. The lowest BCUT2D eigenvalue weighted by Crippen LogP contribution is -2.43. The van der Waals surface area contributed by atoms with Crippen LogP contribution in [0.5, 0.6) is 5.88 Å². The van der Waals surface area contributed by atoms with Crippen molar-refractivity contribution in [3.05, 3.63) is 18.2 Å². The Balaban J connectivity index is 1.58. The molecule has 0 aliphatic carbocycles. The second kappa shape index (κ2) is 6.21. The average molecular weight is 263 g/mol. The molecule has 0 amide bonds. The lowest BCUT2D eigenvalue weighted by molar-refractivity contribution is 0.0664. The topological polar surface area (TPSA) is 46.6 Å². The number of nitrogens with zero attached hydrogens (tertiary/aromatic N) is 2. The predicted molar refractivity (Wildman–Crippen MR) is 73.8 cm³/mol. The number of anilines is 1. The Bertz CT molecular complexity index is 401. The summed E-state index contributed by atoms with van der Waals surface area (Å²) in [4.78, 5) is 6.86. The van der Waals surface area contributed by atoms with Crippen molar-refractivity contribution >= 4 is 5.82 Å². The van der Waals surface area contributed by atoms with Gasteiger partial charge in [-0.05, 0) is 18.9 Å². The van der Waals surface area contributed by atoms with Crippen molar-refractivity contribution in [3.8, 4) is 5.88 Å². The number of pyridine rings is 1. The fourth-order valence-electron chi connectivity index (χ4n) is 2.51. The summed E-state index contributed by atoms with van der Waals surface area (Å²) in [6, 6.07) is 5.97. The number of rotatable bonds is 4. The molecule has 2 aliphatic rings. The maximum Gasteiger partial charge on any atom is 0.215 e. The third kappa shape index (κ3) is 3.36. The van der Waals surface area contributed by atoms with Gasteiger partial charge in [0.05, 0.1) is 6.10 Å². The van der Waals surface area contributed by atoms with E-state index in [0.717, 1.165) is 51.4 Å². The molecule has 3 rings (SSSR count). The van der Waals surface area contributed by atoms with E-state index >= 15 is 0 Å². The van der Waals surface area contributed by atoms with Crippen LogP contribution in [0.15, 0.2) is 18.2 Å². The third-order valence-electron chi connectivity index (χ3n) is 3.59. The number of hydrogen-bond acceptors (Lipinski definition) is 5. The molecular formula is C14H21N3O2. The molecule has 1 unspecified atom stereocenters. The van der Waals surface area contributed by atoms with Crippen molar-refractivity contribution in [2.24, 2.45) is 0 Å². The summed E-state index contributed by atoms with van der Waals surface area (Å²) >= 11 is 0. The highest BCUT2D eigenvalue weighted by Crippen LogP contribution is 2.18. The van der Waals surface area contributed by atoms with E-state index in [4.69, 9.17) is 9.47 Å². The van der Waals surface area contributed by atoms with E-state index in [1.54, 1.807) is 0 Å². The number of aromatic nitrogens is 1. The summed E-state index contributed by atoms with van der Waals surface area (Å²) in [7, 11) is 0. The van der Waals surface area contributed by atoms with Gasteiger partial charge in [0.1, 0.15) is 12.4 Å². The van der Waals surface area contributed by atoms with Crippen LogP contribution in [0.3, 0.4) is 0 Å². The molecule has 5 heteroatoms. The maximum absolute atomic E-state index is 5.74. The van der Waals surface area contributed by atoms with Crippen LogP contribution in [-0.4, -0.2) is 50.5 Å². The molecule has 0 spiro atoms. The van der Waals surface area contributed by atoms with Crippen molar-refractivity contribution in [2.75, 3.05) is 44.3 Å². The standard InChI is InChI=1S/C14H21N3O2/c1-4-13(17-8-6-15-7-9-17)16-14(5-1)19-11-12-3-2-10-18-12/h1,4-5,12,15H,2-3,6-11H2. The van der Waals surface area contributed by atoms with Crippen molar-refractivity contribution in [1.29, 1.82) is 0 Å². The van der Waals surface area contributed by atoms with Crippen LogP contribution in [0, 0.1) is 0 Å². The fourth-order valence-corrected chi connectivity index (χ4v) is 2.51. The van der Waals surface area contributed by atoms with E-state index in [-0.39, 0.29) is 6.10 Å². The number of hydrogen-bond donors (Lipinski definition) is 1. The van der Waals surface area contributed by atoms with Gasteiger partial charge in [0.25, 0.3) is 0 Å². The summed E-state index contributed by atoms with van der Waals surface area (Å²) in [5.74, 6) is 1.71. The Morgan fingerprint density at radius 2 is 2.26 bits per heavy atom. The van der Waals surface area contributed by atoms with E-state index in [2.05, 4.69) is 15.2 Å². The van der Waals surface area contributed by atoms with Crippen molar-refractivity contribution < 1.29 is 9.47 Å². The molecule has 2 fully saturated rings. The minimum Gasteiger partial charge on any atom is -0.475 e. The highest BCUT2D eigenvalue weighted by Gasteiger charge is 2.17. The minimum atomic E-state index is 0.240. The number of piperazine rings is 1. The molecule has 104 valence electrons. The van der Waals surface area contributed by atoms with Gasteiger partial charge in [-0.15, -0.1) is 0 Å². The Hall–Kier alpha value is -1.33. The van der Waals surface area contributed by atoms with Crippen LogP contribution < -0.4 is 15.0 Å². The lowest BCUT2D eigenvalue weighted by Gasteiger charge is -2.28. The first-order valence-corrected chi connectivity index (χ1v) is 7.09. The Labute approximate surface area is 113 Å². The zero-order valence-electron chi connectivity index (χ0n) is 11.2. The van der Waals surface area contributed by atoms with Crippen LogP contribution >= 0.6 is 0 Å². The van der Waals surface area contributed by atoms with Gasteiger partial charge in [0.2, 0.25) is 5.88 Å². The molecule has 0 saturated carbocycles.